The van der Waals surface area contributed by atoms with Crippen molar-refractivity contribution in [3.63, 3.8) is 0 Å². The molecule has 5 rings (SSSR count). The number of rotatable bonds is 9. The van der Waals surface area contributed by atoms with E-state index in [0.717, 1.165) is 31.8 Å². The highest BCUT2D eigenvalue weighted by atomic mass is 32.1. The summed E-state index contributed by atoms with van der Waals surface area (Å²) < 4.78 is 14.3. The van der Waals surface area contributed by atoms with Gasteiger partial charge in [-0.2, -0.15) is 0 Å². The summed E-state index contributed by atoms with van der Waals surface area (Å²) in [6.07, 6.45) is -10.7. The van der Waals surface area contributed by atoms with Gasteiger partial charge >= 0.3 is 0 Å². The van der Waals surface area contributed by atoms with E-state index in [1.165, 1.54) is 0 Å². The largest absolute Gasteiger partial charge is 0.394 e. The Balaban J connectivity index is 1.30. The van der Waals surface area contributed by atoms with Crippen molar-refractivity contribution in [1.29, 1.82) is 0 Å². The van der Waals surface area contributed by atoms with Crippen LogP contribution in [0.25, 0.3) is 20.8 Å². The van der Waals surface area contributed by atoms with Crippen molar-refractivity contribution >= 4 is 27.2 Å². The molecule has 2 fully saturated rings. The minimum Gasteiger partial charge on any atom is -0.394 e. The molecule has 2 saturated heterocycles. The maximum Gasteiger partial charge on any atom is 0.201 e. The third kappa shape index (κ3) is 6.76. The predicted molar refractivity (Wildman–Crippen MR) is 162 cm³/mol. The highest BCUT2D eigenvalue weighted by Crippen LogP contribution is 2.32. The van der Waals surface area contributed by atoms with Gasteiger partial charge in [-0.3, -0.25) is 0 Å². The van der Waals surface area contributed by atoms with Gasteiger partial charge in [-0.15, -0.1) is 11.3 Å². The zero-order valence-electron chi connectivity index (χ0n) is 24.6. The summed E-state index contributed by atoms with van der Waals surface area (Å²) in [5.74, 6) is 0. The van der Waals surface area contributed by atoms with Crippen LogP contribution >= 0.6 is 11.3 Å². The van der Waals surface area contributed by atoms with E-state index in [2.05, 4.69) is 0 Å². The van der Waals surface area contributed by atoms with Crippen molar-refractivity contribution in [3.8, 4) is 10.6 Å². The topological polar surface area (TPSA) is 199 Å². The Labute approximate surface area is 258 Å². The van der Waals surface area contributed by atoms with Gasteiger partial charge in [0.15, 0.2) is 0 Å². The molecule has 10 atom stereocenters. The lowest BCUT2D eigenvalue weighted by atomic mass is 9.93. The van der Waals surface area contributed by atoms with E-state index >= 15 is 0 Å². The molecular weight excluding hydrogens is 594 g/mol. The molecule has 3 aliphatic heterocycles. The highest BCUT2D eigenvalue weighted by Gasteiger charge is 2.44. The molecule has 0 bridgehead atoms. The normalized spacial score (nSPS) is 33.5. The molecule has 0 radical (unpaired) electrons. The van der Waals surface area contributed by atoms with E-state index in [0.29, 0.717) is 25.9 Å². The minimum atomic E-state index is -1.39. The smallest absolute Gasteiger partial charge is 0.201 e. The third-order valence-corrected chi connectivity index (χ3v) is 9.80. The van der Waals surface area contributed by atoms with E-state index in [1.54, 1.807) is 11.3 Å². The monoisotopic (exact) mass is 636 g/mol. The summed E-state index contributed by atoms with van der Waals surface area (Å²) in [5.41, 5.74) is 2.61. The summed E-state index contributed by atoms with van der Waals surface area (Å²) in [6, 6.07) is 11.9. The Morgan fingerprint density at radius 3 is 1.98 bits per heavy atom. The molecule has 8 N–H and O–H groups in total. The van der Waals surface area contributed by atoms with Gasteiger partial charge in [-0.05, 0) is 30.7 Å². The number of aliphatic hydroxyl groups is 8. The molecule has 0 spiro atoms. The Morgan fingerprint density at radius 2 is 1.36 bits per heavy atom. The lowest BCUT2D eigenvalue weighted by molar-refractivity contribution is -0.230. The van der Waals surface area contributed by atoms with Crippen LogP contribution in [0.15, 0.2) is 36.4 Å². The summed E-state index contributed by atoms with van der Waals surface area (Å²) in [7, 11) is 3.82. The van der Waals surface area contributed by atoms with Gasteiger partial charge in [-0.1, -0.05) is 0 Å². The third-order valence-electron chi connectivity index (χ3n) is 8.71. The molecule has 4 aliphatic rings. The van der Waals surface area contributed by atoms with Crippen LogP contribution < -0.4 is 14.8 Å². The number of ether oxygens (including phenoxy) is 2. The maximum absolute atomic E-state index is 10.4. The number of aromatic nitrogens is 1. The molecule has 1 aromatic carbocycles. The minimum absolute atomic E-state index is 0.369. The van der Waals surface area contributed by atoms with Crippen LogP contribution in [0.1, 0.15) is 12.8 Å². The van der Waals surface area contributed by atoms with Crippen molar-refractivity contribution in [3.05, 3.63) is 41.8 Å². The van der Waals surface area contributed by atoms with Crippen molar-refractivity contribution in [2.75, 3.05) is 45.3 Å². The first-order chi connectivity index (χ1) is 21.0. The van der Waals surface area contributed by atoms with Crippen molar-refractivity contribution in [1.82, 2.24) is 9.56 Å². The molecule has 1 aromatic rings. The fourth-order valence-electron chi connectivity index (χ4n) is 5.81. The summed E-state index contributed by atoms with van der Waals surface area (Å²) in [4.78, 5) is 7.79. The maximum atomic E-state index is 10.4. The van der Waals surface area contributed by atoms with Crippen LogP contribution in [0.2, 0.25) is 0 Å². The molecular formula is C30H42N3O10S+. The molecule has 14 heteroatoms. The zero-order chi connectivity index (χ0) is 31.7. The fraction of sp³-hybridized carbons (Fsp3) is 0.600. The molecule has 242 valence electrons. The molecule has 13 nitrogen and oxygen atoms in total. The number of aliphatic hydroxyl groups excluding tert-OH is 8. The Kier molecular flexibility index (Phi) is 10.5. The van der Waals surface area contributed by atoms with E-state index in [4.69, 9.17) is 14.5 Å². The molecule has 0 unspecified atom stereocenters. The molecule has 0 amide bonds. The van der Waals surface area contributed by atoms with Crippen LogP contribution in [0, 0.1) is 0 Å². The number of hydrogen-bond acceptors (Lipinski definition) is 13. The fourth-order valence-corrected chi connectivity index (χ4v) is 6.84. The van der Waals surface area contributed by atoms with E-state index in [9.17, 15) is 40.9 Å². The second-order valence-corrected chi connectivity index (χ2v) is 12.8. The summed E-state index contributed by atoms with van der Waals surface area (Å²) >= 11 is 1.59. The van der Waals surface area contributed by atoms with Crippen LogP contribution in [0.5, 0.6) is 0 Å². The molecule has 44 heavy (non-hydrogen) atoms. The molecule has 1 aliphatic carbocycles. The summed E-state index contributed by atoms with van der Waals surface area (Å²) in [6.45, 7) is 0.0621. The van der Waals surface area contributed by atoms with Gasteiger partial charge in [0.25, 0.3) is 0 Å². The second-order valence-electron chi connectivity index (χ2n) is 11.7. The number of fused-ring (bicyclic) bond motifs is 2. The zero-order valence-corrected chi connectivity index (χ0v) is 25.4. The quantitative estimate of drug-likeness (QED) is 0.0925. The Morgan fingerprint density at radius 1 is 0.773 bits per heavy atom. The molecule has 0 aromatic heterocycles. The van der Waals surface area contributed by atoms with Crippen LogP contribution in [-0.2, 0) is 9.47 Å². The molecule has 3 heterocycles. The number of hydrogen-bond donors (Lipinski definition) is 8. The number of nitrogens with zero attached hydrogens (tertiary/aromatic N) is 3. The number of anilines is 1. The number of benzene rings is 2. The second kappa shape index (κ2) is 14.0. The van der Waals surface area contributed by atoms with Gasteiger partial charge in [0, 0.05) is 37.8 Å². The SMILES string of the molecule is CN(CC[C@@H]1O[C@H](CO)[C@H](O)[C@H](O)[C@H]1O)c1ccc2nc3ccc(=[N+](C)CC[C@@H]4O[C@H](CO)[C@H](O)[C@H](O)[C@H]4O)cc-3sc2c1. The lowest BCUT2D eigenvalue weighted by Crippen LogP contribution is -2.58. The van der Waals surface area contributed by atoms with Crippen molar-refractivity contribution < 1.29 is 50.3 Å². The van der Waals surface area contributed by atoms with Gasteiger partial charge in [0.2, 0.25) is 5.36 Å². The lowest BCUT2D eigenvalue weighted by Gasteiger charge is -2.40. The highest BCUT2D eigenvalue weighted by molar-refractivity contribution is 7.21. The molecule has 0 saturated carbocycles. The first-order valence-electron chi connectivity index (χ1n) is 14.7. The van der Waals surface area contributed by atoms with E-state index < -0.39 is 74.3 Å². The average Bonchev–Trinajstić information content (AvgIpc) is 3.03. The van der Waals surface area contributed by atoms with Crippen molar-refractivity contribution in [2.24, 2.45) is 0 Å². The average molecular weight is 637 g/mol. The predicted octanol–water partition coefficient (Wildman–Crippen LogP) is -2.30. The van der Waals surface area contributed by atoms with Crippen molar-refractivity contribution in [2.45, 2.75) is 73.9 Å². The Bertz CT molecular complexity index is 1450. The van der Waals surface area contributed by atoms with Crippen LogP contribution in [-0.4, -0.2) is 147 Å². The first-order valence-corrected chi connectivity index (χ1v) is 15.5. The summed E-state index contributed by atoms with van der Waals surface area (Å²) in [5, 5.41) is 80.8. The first kappa shape index (κ1) is 33.0. The van der Waals surface area contributed by atoms with Gasteiger partial charge in [-0.25, -0.2) is 9.56 Å². The van der Waals surface area contributed by atoms with E-state index in [1.807, 2.05) is 60.0 Å². The Hall–Kier alpha value is -2.34. The van der Waals surface area contributed by atoms with Crippen LogP contribution in [0.3, 0.4) is 0 Å². The van der Waals surface area contributed by atoms with Gasteiger partial charge in [0.1, 0.15) is 62.4 Å². The van der Waals surface area contributed by atoms with Crippen LogP contribution in [0.4, 0.5) is 5.69 Å². The van der Waals surface area contributed by atoms with E-state index in [-0.39, 0.29) is 0 Å². The van der Waals surface area contributed by atoms with Gasteiger partial charge in [0.05, 0.1) is 46.2 Å². The van der Waals surface area contributed by atoms with Gasteiger partial charge < -0.3 is 55.2 Å². The standard InChI is InChI=1S/C30H42N3O10S/c1-32(9-7-19-25(36)29(40)27(38)21(13-34)42-19)15-3-5-17-23(11-15)44-24-12-16(4-6-18(24)31-17)33(2)10-8-20-26(37)30(41)28(39)22(14-35)43-20/h3-6,11-12,19-22,25-30,34-41H,7-10,13-14H2,1-2H3/q+1/t19-,20-,21+,22+,25-,26-,27-,28-,29+,30+/m0/s1.